The SMILES string of the molecule is CC(=O)c1cnc(NCC(c2ccc(C)o2)N2CCOCC2)nc1C. The summed E-state index contributed by atoms with van der Waals surface area (Å²) >= 11 is 0. The molecule has 0 bridgehead atoms. The maximum Gasteiger partial charge on any atom is 0.222 e. The Hall–Kier alpha value is -2.25. The molecule has 1 unspecified atom stereocenters. The Kier molecular flexibility index (Phi) is 5.45. The average Bonchev–Trinajstić information content (AvgIpc) is 3.02. The van der Waals surface area contributed by atoms with Crippen LogP contribution in [0.1, 0.15) is 40.5 Å². The van der Waals surface area contributed by atoms with Crippen molar-refractivity contribution in [2.45, 2.75) is 26.8 Å². The van der Waals surface area contributed by atoms with Gasteiger partial charge < -0.3 is 14.5 Å². The molecule has 7 nitrogen and oxygen atoms in total. The highest BCUT2D eigenvalue weighted by Gasteiger charge is 2.25. The Morgan fingerprint density at radius 3 is 2.68 bits per heavy atom. The number of carbonyl (C=O) groups excluding carboxylic acids is 1. The summed E-state index contributed by atoms with van der Waals surface area (Å²) in [6.45, 7) is 9.06. The molecule has 0 aromatic carbocycles. The number of nitrogens with one attached hydrogen (secondary N) is 1. The summed E-state index contributed by atoms with van der Waals surface area (Å²) in [5.41, 5.74) is 1.23. The Labute approximate surface area is 147 Å². The van der Waals surface area contributed by atoms with Crippen LogP contribution in [0.5, 0.6) is 0 Å². The van der Waals surface area contributed by atoms with Gasteiger partial charge in [0.05, 0.1) is 30.5 Å². The van der Waals surface area contributed by atoms with Gasteiger partial charge in [-0.1, -0.05) is 0 Å². The van der Waals surface area contributed by atoms with Gasteiger partial charge in [0, 0.05) is 25.8 Å². The molecule has 0 aliphatic carbocycles. The minimum atomic E-state index is -0.0266. The fourth-order valence-electron chi connectivity index (χ4n) is 3.02. The molecule has 1 N–H and O–H groups in total. The minimum Gasteiger partial charge on any atom is -0.465 e. The van der Waals surface area contributed by atoms with E-state index in [1.54, 1.807) is 6.20 Å². The Balaban J connectivity index is 1.74. The number of aromatic nitrogens is 2. The number of rotatable bonds is 6. The lowest BCUT2D eigenvalue weighted by atomic mass is 10.1. The van der Waals surface area contributed by atoms with Crippen LogP contribution in [0.4, 0.5) is 5.95 Å². The third kappa shape index (κ3) is 4.24. The van der Waals surface area contributed by atoms with E-state index in [9.17, 15) is 4.79 Å². The number of morpholine rings is 1. The van der Waals surface area contributed by atoms with E-state index in [1.807, 2.05) is 26.0 Å². The van der Waals surface area contributed by atoms with Crippen molar-refractivity contribution < 1.29 is 13.9 Å². The van der Waals surface area contributed by atoms with Crippen LogP contribution in [-0.4, -0.2) is 53.5 Å². The number of ether oxygens (including phenoxy) is 1. The molecule has 2 aromatic rings. The zero-order chi connectivity index (χ0) is 17.8. The van der Waals surface area contributed by atoms with Gasteiger partial charge in [0.15, 0.2) is 5.78 Å². The maximum atomic E-state index is 11.5. The molecule has 1 saturated heterocycles. The van der Waals surface area contributed by atoms with Gasteiger partial charge in [0.1, 0.15) is 11.5 Å². The summed E-state index contributed by atoms with van der Waals surface area (Å²) in [6.07, 6.45) is 1.58. The van der Waals surface area contributed by atoms with Crippen LogP contribution in [0.25, 0.3) is 0 Å². The average molecular weight is 344 g/mol. The van der Waals surface area contributed by atoms with Gasteiger partial charge in [-0.25, -0.2) is 9.97 Å². The molecule has 7 heteroatoms. The molecule has 2 aromatic heterocycles. The van der Waals surface area contributed by atoms with Crippen molar-refractivity contribution in [3.8, 4) is 0 Å². The van der Waals surface area contributed by atoms with Gasteiger partial charge in [-0.2, -0.15) is 0 Å². The van der Waals surface area contributed by atoms with Gasteiger partial charge >= 0.3 is 0 Å². The molecule has 1 fully saturated rings. The second-order valence-corrected chi connectivity index (χ2v) is 6.24. The first-order valence-electron chi connectivity index (χ1n) is 8.51. The number of Topliss-reactive ketones (excluding diaryl/α,β-unsaturated/α-hetero) is 1. The highest BCUT2D eigenvalue weighted by atomic mass is 16.5. The van der Waals surface area contributed by atoms with Crippen molar-refractivity contribution in [1.29, 1.82) is 0 Å². The zero-order valence-corrected chi connectivity index (χ0v) is 14.9. The maximum absolute atomic E-state index is 11.5. The predicted molar refractivity (Wildman–Crippen MR) is 93.8 cm³/mol. The van der Waals surface area contributed by atoms with Crippen molar-refractivity contribution in [3.05, 3.63) is 41.1 Å². The van der Waals surface area contributed by atoms with Crippen molar-refractivity contribution >= 4 is 11.7 Å². The summed E-state index contributed by atoms with van der Waals surface area (Å²) in [6, 6.07) is 4.07. The molecule has 3 rings (SSSR count). The number of anilines is 1. The summed E-state index contributed by atoms with van der Waals surface area (Å²) in [5, 5.41) is 3.28. The molecular formula is C18H24N4O3. The molecule has 0 spiro atoms. The largest absolute Gasteiger partial charge is 0.465 e. The number of hydrogen-bond donors (Lipinski definition) is 1. The third-order valence-corrected chi connectivity index (χ3v) is 4.39. The van der Waals surface area contributed by atoms with Crippen molar-refractivity contribution in [1.82, 2.24) is 14.9 Å². The van der Waals surface area contributed by atoms with Gasteiger partial charge in [0.2, 0.25) is 5.95 Å². The predicted octanol–water partition coefficient (Wildman–Crippen LogP) is 2.37. The van der Waals surface area contributed by atoms with Crippen LogP contribution in [0.3, 0.4) is 0 Å². The fraction of sp³-hybridized carbons (Fsp3) is 0.500. The number of ketones is 1. The van der Waals surface area contributed by atoms with E-state index in [0.717, 1.165) is 37.8 Å². The van der Waals surface area contributed by atoms with Crippen molar-refractivity contribution in [2.24, 2.45) is 0 Å². The highest BCUT2D eigenvalue weighted by Crippen LogP contribution is 2.24. The lowest BCUT2D eigenvalue weighted by Crippen LogP contribution is -2.41. The standard InChI is InChI=1S/C18H24N4O3/c1-12-4-5-17(25-12)16(22-6-8-24-9-7-22)11-20-18-19-10-15(14(3)23)13(2)21-18/h4-5,10,16H,6-9,11H2,1-3H3,(H,19,20,21). The van der Waals surface area contributed by atoms with Crippen LogP contribution in [0.15, 0.2) is 22.7 Å². The minimum absolute atomic E-state index is 0.0266. The van der Waals surface area contributed by atoms with E-state index in [0.29, 0.717) is 23.8 Å². The first-order valence-corrected chi connectivity index (χ1v) is 8.51. The van der Waals surface area contributed by atoms with Gasteiger partial charge in [0.25, 0.3) is 0 Å². The van der Waals surface area contributed by atoms with E-state index in [-0.39, 0.29) is 11.8 Å². The van der Waals surface area contributed by atoms with E-state index >= 15 is 0 Å². The lowest BCUT2D eigenvalue weighted by Gasteiger charge is -2.33. The van der Waals surface area contributed by atoms with Crippen LogP contribution >= 0.6 is 0 Å². The third-order valence-electron chi connectivity index (χ3n) is 4.39. The summed E-state index contributed by atoms with van der Waals surface area (Å²) in [4.78, 5) is 22.5. The normalized spacial score (nSPS) is 16.6. The Morgan fingerprint density at radius 2 is 2.08 bits per heavy atom. The molecule has 3 heterocycles. The first kappa shape index (κ1) is 17.6. The molecule has 134 valence electrons. The molecular weight excluding hydrogens is 320 g/mol. The van der Waals surface area contributed by atoms with Crippen LogP contribution in [0, 0.1) is 13.8 Å². The number of carbonyl (C=O) groups is 1. The van der Waals surface area contributed by atoms with Crippen LogP contribution in [-0.2, 0) is 4.74 Å². The first-order chi connectivity index (χ1) is 12.0. The smallest absolute Gasteiger partial charge is 0.222 e. The quantitative estimate of drug-likeness (QED) is 0.806. The van der Waals surface area contributed by atoms with Crippen LogP contribution < -0.4 is 5.32 Å². The van der Waals surface area contributed by atoms with Gasteiger partial charge in [-0.3, -0.25) is 9.69 Å². The van der Waals surface area contributed by atoms with Gasteiger partial charge in [-0.15, -0.1) is 0 Å². The monoisotopic (exact) mass is 344 g/mol. The van der Waals surface area contributed by atoms with E-state index in [2.05, 4.69) is 20.2 Å². The van der Waals surface area contributed by atoms with Crippen LogP contribution in [0.2, 0.25) is 0 Å². The summed E-state index contributed by atoms with van der Waals surface area (Å²) in [5.74, 6) is 2.31. The Bertz CT molecular complexity index is 738. The topological polar surface area (TPSA) is 80.5 Å². The van der Waals surface area contributed by atoms with E-state index in [4.69, 9.17) is 9.15 Å². The molecule has 25 heavy (non-hydrogen) atoms. The molecule has 0 amide bonds. The molecule has 0 radical (unpaired) electrons. The lowest BCUT2D eigenvalue weighted by molar-refractivity contribution is 0.0143. The number of nitrogens with zero attached hydrogens (tertiary/aromatic N) is 3. The second kappa shape index (κ2) is 7.76. The summed E-state index contributed by atoms with van der Waals surface area (Å²) < 4.78 is 11.3. The van der Waals surface area contributed by atoms with Gasteiger partial charge in [-0.05, 0) is 32.9 Å². The zero-order valence-electron chi connectivity index (χ0n) is 14.9. The number of hydrogen-bond acceptors (Lipinski definition) is 7. The fourth-order valence-corrected chi connectivity index (χ4v) is 3.02. The van der Waals surface area contributed by atoms with E-state index in [1.165, 1.54) is 6.92 Å². The summed E-state index contributed by atoms with van der Waals surface area (Å²) in [7, 11) is 0. The molecule has 1 aliphatic rings. The van der Waals surface area contributed by atoms with Crippen molar-refractivity contribution in [2.75, 3.05) is 38.2 Å². The Morgan fingerprint density at radius 1 is 1.32 bits per heavy atom. The number of aryl methyl sites for hydroxylation is 2. The number of furan rings is 1. The van der Waals surface area contributed by atoms with E-state index < -0.39 is 0 Å². The molecule has 0 saturated carbocycles. The molecule has 1 aliphatic heterocycles. The highest BCUT2D eigenvalue weighted by molar-refractivity contribution is 5.94. The molecule has 1 atom stereocenters. The van der Waals surface area contributed by atoms with Crippen molar-refractivity contribution in [3.63, 3.8) is 0 Å². The second-order valence-electron chi connectivity index (χ2n) is 6.24.